The van der Waals surface area contributed by atoms with Crippen LogP contribution in [0.5, 0.6) is 0 Å². The molecule has 2 fully saturated rings. The Bertz CT molecular complexity index is 658. The lowest BCUT2D eigenvalue weighted by Crippen LogP contribution is -2.47. The van der Waals surface area contributed by atoms with Crippen molar-refractivity contribution < 1.29 is 4.74 Å². The second-order valence-electron chi connectivity index (χ2n) is 7.17. The molecule has 2 aromatic heterocycles. The van der Waals surface area contributed by atoms with Crippen molar-refractivity contribution in [2.45, 2.75) is 19.4 Å². The smallest absolute Gasteiger partial charge is 0.147 e. The Morgan fingerprint density at radius 1 is 1.00 bits per heavy atom. The van der Waals surface area contributed by atoms with Crippen LogP contribution in [-0.4, -0.2) is 59.2 Å². The molecule has 6 nitrogen and oxygen atoms in total. The van der Waals surface area contributed by atoms with Crippen LogP contribution in [0.15, 0.2) is 43.1 Å². The zero-order chi connectivity index (χ0) is 17.0. The Morgan fingerprint density at radius 2 is 1.84 bits per heavy atom. The molecule has 0 amide bonds. The highest BCUT2D eigenvalue weighted by atomic mass is 16.5. The SMILES string of the molecule is c1cc(CN2CCOCC3(CCN(c4cnccn4)CC3)C2)ccn1. The lowest BCUT2D eigenvalue weighted by molar-refractivity contribution is 0.0488. The van der Waals surface area contributed by atoms with E-state index in [1.54, 1.807) is 12.4 Å². The first kappa shape index (κ1) is 16.4. The minimum absolute atomic E-state index is 0.252. The van der Waals surface area contributed by atoms with Crippen LogP contribution in [0.25, 0.3) is 0 Å². The van der Waals surface area contributed by atoms with Gasteiger partial charge in [0.1, 0.15) is 5.82 Å². The largest absolute Gasteiger partial charge is 0.379 e. The fourth-order valence-electron chi connectivity index (χ4n) is 3.93. The number of piperidine rings is 1. The molecule has 132 valence electrons. The standard InChI is InChI=1S/C19H25N5O/c1-5-20-6-2-17(1)14-23-11-12-25-16-19(15-23)3-9-24(10-4-19)18-13-21-7-8-22-18/h1-2,5-8,13H,3-4,9-12,14-16H2. The van der Waals surface area contributed by atoms with Crippen molar-refractivity contribution in [3.8, 4) is 0 Å². The first-order chi connectivity index (χ1) is 12.3. The molecule has 4 heterocycles. The minimum Gasteiger partial charge on any atom is -0.379 e. The van der Waals surface area contributed by atoms with Gasteiger partial charge in [-0.05, 0) is 30.5 Å². The topological polar surface area (TPSA) is 54.4 Å². The van der Waals surface area contributed by atoms with E-state index in [1.165, 1.54) is 5.56 Å². The minimum atomic E-state index is 0.252. The predicted molar refractivity (Wildman–Crippen MR) is 96.2 cm³/mol. The van der Waals surface area contributed by atoms with Crippen molar-refractivity contribution in [2.75, 3.05) is 44.3 Å². The molecule has 0 saturated carbocycles. The summed E-state index contributed by atoms with van der Waals surface area (Å²) < 4.78 is 6.00. The summed E-state index contributed by atoms with van der Waals surface area (Å²) in [5, 5.41) is 0. The monoisotopic (exact) mass is 339 g/mol. The van der Waals surface area contributed by atoms with Crippen molar-refractivity contribution >= 4 is 5.82 Å². The lowest BCUT2D eigenvalue weighted by Gasteiger charge is -2.43. The molecular weight excluding hydrogens is 314 g/mol. The van der Waals surface area contributed by atoms with Crippen molar-refractivity contribution in [1.29, 1.82) is 0 Å². The Hall–Kier alpha value is -2.05. The number of rotatable bonds is 3. The summed E-state index contributed by atoms with van der Waals surface area (Å²) in [6.07, 6.45) is 11.4. The van der Waals surface area contributed by atoms with Gasteiger partial charge < -0.3 is 9.64 Å². The van der Waals surface area contributed by atoms with Crippen LogP contribution in [0.3, 0.4) is 0 Å². The van der Waals surface area contributed by atoms with Gasteiger partial charge in [-0.15, -0.1) is 0 Å². The van der Waals surface area contributed by atoms with Crippen LogP contribution >= 0.6 is 0 Å². The van der Waals surface area contributed by atoms with Crippen molar-refractivity contribution in [2.24, 2.45) is 5.41 Å². The summed E-state index contributed by atoms with van der Waals surface area (Å²) in [5.74, 6) is 0.987. The molecular formula is C19H25N5O. The third-order valence-corrected chi connectivity index (χ3v) is 5.37. The summed E-state index contributed by atoms with van der Waals surface area (Å²) in [7, 11) is 0. The van der Waals surface area contributed by atoms with Gasteiger partial charge in [0, 0.05) is 62.9 Å². The molecule has 0 unspecified atom stereocenters. The van der Waals surface area contributed by atoms with Gasteiger partial charge in [0.15, 0.2) is 0 Å². The number of hydrogen-bond acceptors (Lipinski definition) is 6. The summed E-state index contributed by atoms with van der Waals surface area (Å²) in [5.41, 5.74) is 1.58. The van der Waals surface area contributed by atoms with Crippen LogP contribution in [0, 0.1) is 5.41 Å². The molecule has 0 N–H and O–H groups in total. The van der Waals surface area contributed by atoms with Crippen LogP contribution in [0.4, 0.5) is 5.82 Å². The summed E-state index contributed by atoms with van der Waals surface area (Å²) in [6, 6.07) is 4.21. The van der Waals surface area contributed by atoms with E-state index >= 15 is 0 Å². The molecule has 0 bridgehead atoms. The Balaban J connectivity index is 1.41. The Kier molecular flexibility index (Phi) is 4.90. The highest BCUT2D eigenvalue weighted by molar-refractivity contribution is 5.35. The first-order valence-corrected chi connectivity index (χ1v) is 9.03. The van der Waals surface area contributed by atoms with Gasteiger partial charge in [-0.1, -0.05) is 0 Å². The fourth-order valence-corrected chi connectivity index (χ4v) is 3.93. The van der Waals surface area contributed by atoms with Crippen LogP contribution in [0.1, 0.15) is 18.4 Å². The van der Waals surface area contributed by atoms with Crippen molar-refractivity contribution in [3.63, 3.8) is 0 Å². The summed E-state index contributed by atoms with van der Waals surface area (Å²) in [4.78, 5) is 17.6. The van der Waals surface area contributed by atoms with Crippen LogP contribution in [0.2, 0.25) is 0 Å². The maximum Gasteiger partial charge on any atom is 0.147 e. The molecule has 2 aliphatic rings. The van der Waals surface area contributed by atoms with E-state index in [9.17, 15) is 0 Å². The molecule has 2 aromatic rings. The van der Waals surface area contributed by atoms with Gasteiger partial charge in [0.05, 0.1) is 19.4 Å². The second kappa shape index (κ2) is 7.45. The van der Waals surface area contributed by atoms with Crippen molar-refractivity contribution in [1.82, 2.24) is 19.9 Å². The summed E-state index contributed by atoms with van der Waals surface area (Å²) >= 11 is 0. The van der Waals surface area contributed by atoms with Crippen molar-refractivity contribution in [3.05, 3.63) is 48.7 Å². The molecule has 2 aliphatic heterocycles. The highest BCUT2D eigenvalue weighted by Gasteiger charge is 2.38. The maximum absolute atomic E-state index is 6.00. The molecule has 0 radical (unpaired) electrons. The number of anilines is 1. The van der Waals surface area contributed by atoms with Crippen LogP contribution < -0.4 is 4.90 Å². The van der Waals surface area contributed by atoms with E-state index in [0.717, 1.165) is 64.6 Å². The van der Waals surface area contributed by atoms with E-state index in [4.69, 9.17) is 4.74 Å². The van der Waals surface area contributed by atoms with E-state index < -0.39 is 0 Å². The number of nitrogens with zero attached hydrogens (tertiary/aromatic N) is 5. The normalized spacial score (nSPS) is 21.2. The van der Waals surface area contributed by atoms with Gasteiger partial charge in [-0.25, -0.2) is 4.98 Å². The molecule has 2 saturated heterocycles. The van der Waals surface area contributed by atoms with Gasteiger partial charge >= 0.3 is 0 Å². The first-order valence-electron chi connectivity index (χ1n) is 9.03. The highest BCUT2D eigenvalue weighted by Crippen LogP contribution is 2.35. The van der Waals surface area contributed by atoms with E-state index in [0.29, 0.717) is 0 Å². The molecule has 0 atom stereocenters. The van der Waals surface area contributed by atoms with E-state index in [2.05, 4.69) is 36.9 Å². The molecule has 4 rings (SSSR count). The van der Waals surface area contributed by atoms with E-state index in [1.807, 2.05) is 18.6 Å². The van der Waals surface area contributed by atoms with Gasteiger partial charge in [-0.2, -0.15) is 0 Å². The predicted octanol–water partition coefficient (Wildman–Crippen LogP) is 1.99. The zero-order valence-electron chi connectivity index (χ0n) is 14.5. The molecule has 6 heteroatoms. The van der Waals surface area contributed by atoms with Gasteiger partial charge in [0.25, 0.3) is 0 Å². The molecule has 0 aliphatic carbocycles. The van der Waals surface area contributed by atoms with Gasteiger partial charge in [0.2, 0.25) is 0 Å². The molecule has 1 spiro atoms. The number of pyridine rings is 1. The van der Waals surface area contributed by atoms with Gasteiger partial charge in [-0.3, -0.25) is 14.9 Å². The average Bonchev–Trinajstić information content (AvgIpc) is 2.86. The average molecular weight is 339 g/mol. The fraction of sp³-hybridized carbons (Fsp3) is 0.526. The van der Waals surface area contributed by atoms with E-state index in [-0.39, 0.29) is 5.41 Å². The third kappa shape index (κ3) is 3.96. The second-order valence-corrected chi connectivity index (χ2v) is 7.17. The summed E-state index contributed by atoms with van der Waals surface area (Å²) in [6.45, 7) is 6.80. The number of ether oxygens (including phenoxy) is 1. The Labute approximate surface area is 148 Å². The third-order valence-electron chi connectivity index (χ3n) is 5.37. The Morgan fingerprint density at radius 3 is 2.60 bits per heavy atom. The molecule has 25 heavy (non-hydrogen) atoms. The number of aromatic nitrogens is 3. The quantitative estimate of drug-likeness (QED) is 0.852. The zero-order valence-corrected chi connectivity index (χ0v) is 14.5. The molecule has 0 aromatic carbocycles. The van der Waals surface area contributed by atoms with Crippen LogP contribution in [-0.2, 0) is 11.3 Å². The number of hydrogen-bond donors (Lipinski definition) is 0. The lowest BCUT2D eigenvalue weighted by atomic mass is 9.78. The maximum atomic E-state index is 6.00.